The first-order valence-corrected chi connectivity index (χ1v) is 23.4. The fourth-order valence-electron chi connectivity index (χ4n) is 6.98. The van der Waals surface area contributed by atoms with Crippen LogP contribution in [0, 0.1) is 5.92 Å². The molecule has 0 bridgehead atoms. The first-order chi connectivity index (χ1) is 25.9. The highest BCUT2D eigenvalue weighted by molar-refractivity contribution is 5.71. The molecule has 0 unspecified atom stereocenters. The van der Waals surface area contributed by atoms with Crippen molar-refractivity contribution in [3.8, 4) is 0 Å². The second-order valence-electron chi connectivity index (χ2n) is 16.5. The minimum atomic E-state index is -0.758. The number of ether oxygens (including phenoxy) is 3. The Morgan fingerprint density at radius 3 is 0.925 bits per heavy atom. The Morgan fingerprint density at radius 1 is 0.358 bits per heavy atom. The molecule has 0 aromatic carbocycles. The van der Waals surface area contributed by atoms with Gasteiger partial charge in [0.15, 0.2) is 6.10 Å². The molecule has 0 rings (SSSR count). The Hall–Kier alpha value is -1.59. The van der Waals surface area contributed by atoms with Gasteiger partial charge < -0.3 is 14.2 Å². The Bertz CT molecular complexity index is 796. The number of carbonyl (C=O) groups is 3. The first-order valence-electron chi connectivity index (χ1n) is 23.4. The van der Waals surface area contributed by atoms with Gasteiger partial charge in [-0.25, -0.2) is 0 Å². The van der Waals surface area contributed by atoms with E-state index in [1.54, 1.807) is 0 Å². The van der Waals surface area contributed by atoms with Gasteiger partial charge in [0, 0.05) is 19.3 Å². The molecule has 0 aromatic rings. The summed E-state index contributed by atoms with van der Waals surface area (Å²) in [4.78, 5) is 37.5. The molecule has 0 fully saturated rings. The molecule has 6 heteroatoms. The summed E-state index contributed by atoms with van der Waals surface area (Å²) in [5.41, 5.74) is 0. The third-order valence-corrected chi connectivity index (χ3v) is 10.5. The fourth-order valence-corrected chi connectivity index (χ4v) is 6.98. The van der Waals surface area contributed by atoms with Gasteiger partial charge in [-0.3, -0.25) is 14.4 Å². The zero-order valence-corrected chi connectivity index (χ0v) is 36.0. The quantitative estimate of drug-likeness (QED) is 0.0351. The van der Waals surface area contributed by atoms with Gasteiger partial charge in [-0.1, -0.05) is 220 Å². The first kappa shape index (κ1) is 51.4. The van der Waals surface area contributed by atoms with E-state index in [2.05, 4.69) is 27.7 Å². The predicted molar refractivity (Wildman–Crippen MR) is 224 cm³/mol. The molecule has 0 amide bonds. The van der Waals surface area contributed by atoms with Gasteiger partial charge in [-0.15, -0.1) is 0 Å². The zero-order valence-electron chi connectivity index (χ0n) is 36.0. The summed E-state index contributed by atoms with van der Waals surface area (Å²) in [5, 5.41) is 0. The Labute approximate surface area is 329 Å². The summed E-state index contributed by atoms with van der Waals surface area (Å²) in [5.74, 6) is -0.0317. The van der Waals surface area contributed by atoms with Gasteiger partial charge in [0.1, 0.15) is 13.2 Å². The van der Waals surface area contributed by atoms with Gasteiger partial charge in [0.25, 0.3) is 0 Å². The second kappa shape index (κ2) is 41.6. The molecule has 0 saturated heterocycles. The average molecular weight is 751 g/mol. The monoisotopic (exact) mass is 751 g/mol. The minimum absolute atomic E-state index is 0.0645. The fraction of sp³-hybridized carbons (Fsp3) is 0.936. The highest BCUT2D eigenvalue weighted by Crippen LogP contribution is 2.16. The van der Waals surface area contributed by atoms with Crippen LogP contribution in [0.2, 0.25) is 0 Å². The van der Waals surface area contributed by atoms with Crippen molar-refractivity contribution in [1.82, 2.24) is 0 Å². The largest absolute Gasteiger partial charge is 0.462 e. The van der Waals surface area contributed by atoms with E-state index in [4.69, 9.17) is 14.2 Å². The molecule has 0 aliphatic heterocycles. The third kappa shape index (κ3) is 41.4. The average Bonchev–Trinajstić information content (AvgIpc) is 3.14. The summed E-state index contributed by atoms with van der Waals surface area (Å²) in [7, 11) is 0. The van der Waals surface area contributed by atoms with Crippen molar-refractivity contribution in [2.24, 2.45) is 5.92 Å². The standard InChI is InChI=1S/C47H90O6/c1-5-7-9-11-12-13-14-15-16-17-22-25-28-32-36-40-47(50)53-44(41-51-45(48)38-34-29-10-8-6-2)42-52-46(49)39-35-31-27-24-21-19-18-20-23-26-30-33-37-43(3)4/h43-44H,5-42H2,1-4H3/t44-/m1/s1. The molecule has 0 aliphatic carbocycles. The van der Waals surface area contributed by atoms with Crippen molar-refractivity contribution in [1.29, 1.82) is 0 Å². The summed E-state index contributed by atoms with van der Waals surface area (Å²) < 4.78 is 16.6. The maximum absolute atomic E-state index is 12.7. The summed E-state index contributed by atoms with van der Waals surface area (Å²) in [6, 6.07) is 0. The summed E-state index contributed by atoms with van der Waals surface area (Å²) >= 11 is 0. The number of unbranched alkanes of at least 4 members (excludes halogenated alkanes) is 29. The topological polar surface area (TPSA) is 78.9 Å². The highest BCUT2D eigenvalue weighted by Gasteiger charge is 2.19. The van der Waals surface area contributed by atoms with E-state index in [0.717, 1.165) is 70.1 Å². The number of esters is 3. The van der Waals surface area contributed by atoms with Crippen molar-refractivity contribution in [3.05, 3.63) is 0 Å². The second-order valence-corrected chi connectivity index (χ2v) is 16.5. The molecular formula is C47H90O6. The van der Waals surface area contributed by atoms with Crippen LogP contribution in [0.15, 0.2) is 0 Å². The molecule has 0 aromatic heterocycles. The molecule has 53 heavy (non-hydrogen) atoms. The minimum Gasteiger partial charge on any atom is -0.462 e. The molecule has 6 nitrogen and oxygen atoms in total. The third-order valence-electron chi connectivity index (χ3n) is 10.5. The van der Waals surface area contributed by atoms with Gasteiger partial charge in [0.05, 0.1) is 0 Å². The number of rotatable bonds is 42. The van der Waals surface area contributed by atoms with Gasteiger partial charge in [-0.2, -0.15) is 0 Å². The molecule has 314 valence electrons. The van der Waals surface area contributed by atoms with E-state index in [-0.39, 0.29) is 31.1 Å². The Balaban J connectivity index is 4.16. The highest BCUT2D eigenvalue weighted by atomic mass is 16.6. The zero-order chi connectivity index (χ0) is 38.9. The molecular weight excluding hydrogens is 661 g/mol. The smallest absolute Gasteiger partial charge is 0.306 e. The van der Waals surface area contributed by atoms with Crippen molar-refractivity contribution in [2.75, 3.05) is 13.2 Å². The van der Waals surface area contributed by atoms with E-state index >= 15 is 0 Å². The van der Waals surface area contributed by atoms with Crippen LogP contribution in [0.25, 0.3) is 0 Å². The lowest BCUT2D eigenvalue weighted by Gasteiger charge is -2.18. The van der Waals surface area contributed by atoms with Crippen LogP contribution in [-0.2, 0) is 28.6 Å². The number of hydrogen-bond acceptors (Lipinski definition) is 6. The molecule has 0 aliphatic rings. The maximum atomic E-state index is 12.7. The normalized spacial score (nSPS) is 11.9. The van der Waals surface area contributed by atoms with Crippen LogP contribution in [0.5, 0.6) is 0 Å². The van der Waals surface area contributed by atoms with Crippen LogP contribution in [-0.4, -0.2) is 37.2 Å². The van der Waals surface area contributed by atoms with E-state index in [0.29, 0.717) is 19.3 Å². The van der Waals surface area contributed by atoms with Crippen LogP contribution in [0.4, 0.5) is 0 Å². The van der Waals surface area contributed by atoms with E-state index in [1.165, 1.54) is 148 Å². The maximum Gasteiger partial charge on any atom is 0.306 e. The lowest BCUT2D eigenvalue weighted by Crippen LogP contribution is -2.30. The molecule has 0 spiro atoms. The van der Waals surface area contributed by atoms with Gasteiger partial charge in [-0.05, 0) is 25.2 Å². The molecule has 0 N–H and O–H groups in total. The van der Waals surface area contributed by atoms with Gasteiger partial charge >= 0.3 is 17.9 Å². The van der Waals surface area contributed by atoms with E-state index < -0.39 is 6.10 Å². The number of carbonyl (C=O) groups excluding carboxylic acids is 3. The molecule has 1 atom stereocenters. The summed E-state index contributed by atoms with van der Waals surface area (Å²) in [6.07, 6.45) is 41.1. The molecule has 0 heterocycles. The Kier molecular flexibility index (Phi) is 40.3. The van der Waals surface area contributed by atoms with Crippen molar-refractivity contribution in [2.45, 2.75) is 265 Å². The van der Waals surface area contributed by atoms with Crippen molar-refractivity contribution >= 4 is 17.9 Å². The van der Waals surface area contributed by atoms with E-state index in [1.807, 2.05) is 0 Å². The summed E-state index contributed by atoms with van der Waals surface area (Å²) in [6.45, 7) is 8.93. The Morgan fingerprint density at radius 2 is 0.623 bits per heavy atom. The van der Waals surface area contributed by atoms with Crippen molar-refractivity contribution in [3.63, 3.8) is 0 Å². The predicted octanol–water partition coefficient (Wildman–Crippen LogP) is 14.7. The van der Waals surface area contributed by atoms with Crippen LogP contribution >= 0.6 is 0 Å². The SMILES string of the molecule is CCCCCCCCCCCCCCCCCC(=O)O[C@H](COC(=O)CCCCCCC)COC(=O)CCCCCCCCCCCCCCC(C)C. The van der Waals surface area contributed by atoms with Gasteiger partial charge in [0.2, 0.25) is 0 Å². The number of hydrogen-bond donors (Lipinski definition) is 0. The van der Waals surface area contributed by atoms with E-state index in [9.17, 15) is 14.4 Å². The molecule has 0 saturated carbocycles. The lowest BCUT2D eigenvalue weighted by molar-refractivity contribution is -0.167. The van der Waals surface area contributed by atoms with Crippen LogP contribution in [0.3, 0.4) is 0 Å². The van der Waals surface area contributed by atoms with Crippen LogP contribution in [0.1, 0.15) is 259 Å². The lowest BCUT2D eigenvalue weighted by atomic mass is 10.0. The van der Waals surface area contributed by atoms with Crippen LogP contribution < -0.4 is 0 Å². The molecule has 0 radical (unpaired) electrons. The van der Waals surface area contributed by atoms with Crippen molar-refractivity contribution < 1.29 is 28.6 Å².